The number of hydrogen-bond acceptors (Lipinski definition) is 0. The lowest BCUT2D eigenvalue weighted by molar-refractivity contribution is 0.288. The van der Waals surface area contributed by atoms with E-state index in [9.17, 15) is 4.39 Å². The van der Waals surface area contributed by atoms with Gasteiger partial charge in [-0.15, -0.1) is 0 Å². The number of aryl methyl sites for hydroxylation is 1. The van der Waals surface area contributed by atoms with Gasteiger partial charge in [-0.25, -0.2) is 4.39 Å². The van der Waals surface area contributed by atoms with Crippen LogP contribution in [0.3, 0.4) is 0 Å². The van der Waals surface area contributed by atoms with Crippen LogP contribution in [-0.4, -0.2) is 0 Å². The number of hydrogen-bond donors (Lipinski definition) is 0. The van der Waals surface area contributed by atoms with Crippen LogP contribution in [0.2, 0.25) is 5.02 Å². The van der Waals surface area contributed by atoms with Crippen molar-refractivity contribution in [3.63, 3.8) is 0 Å². The van der Waals surface area contributed by atoms with E-state index in [4.69, 9.17) is 11.6 Å². The standard InChI is InChI=1S/C26H36ClF/c1-3-4-5-6-20-8-10-21(11-9-20)12-13-22-14-16-23(17-15-22)24-18-7-19(2)26(28)25(24)27/h7,12-13,16,18,20-22H,3-6,8-11,14-15,17H2,1-2H3/b13-12+. The molecule has 0 saturated heterocycles. The van der Waals surface area contributed by atoms with Crippen LogP contribution in [0.15, 0.2) is 30.4 Å². The fraction of sp³-hybridized carbons (Fsp3) is 0.615. The molecule has 0 aliphatic heterocycles. The predicted octanol–water partition coefficient (Wildman–Crippen LogP) is 8.91. The minimum Gasteiger partial charge on any atom is -0.205 e. The van der Waals surface area contributed by atoms with E-state index in [0.717, 1.165) is 36.7 Å². The van der Waals surface area contributed by atoms with E-state index in [2.05, 4.69) is 25.2 Å². The first-order chi connectivity index (χ1) is 13.6. The van der Waals surface area contributed by atoms with Gasteiger partial charge < -0.3 is 0 Å². The second-order valence-electron chi connectivity index (χ2n) is 8.98. The van der Waals surface area contributed by atoms with E-state index in [1.54, 1.807) is 6.92 Å². The van der Waals surface area contributed by atoms with Crippen molar-refractivity contribution >= 4 is 17.2 Å². The normalized spacial score (nSPS) is 25.9. The summed E-state index contributed by atoms with van der Waals surface area (Å²) in [6.07, 6.45) is 21.6. The Balaban J connectivity index is 1.47. The van der Waals surface area contributed by atoms with Crippen LogP contribution < -0.4 is 0 Å². The van der Waals surface area contributed by atoms with Gasteiger partial charge in [-0.05, 0) is 86.3 Å². The topological polar surface area (TPSA) is 0 Å². The molecule has 2 aliphatic rings. The predicted molar refractivity (Wildman–Crippen MR) is 120 cm³/mol. The Morgan fingerprint density at radius 1 is 1.04 bits per heavy atom. The number of unbranched alkanes of at least 4 members (excludes halogenated alkanes) is 2. The van der Waals surface area contributed by atoms with Crippen molar-refractivity contribution in [3.05, 3.63) is 52.3 Å². The quantitative estimate of drug-likeness (QED) is 0.315. The maximum absolute atomic E-state index is 14.1. The van der Waals surface area contributed by atoms with Crippen molar-refractivity contribution in [2.45, 2.75) is 84.5 Å². The fourth-order valence-electron chi connectivity index (χ4n) is 4.83. The lowest BCUT2D eigenvalue weighted by atomic mass is 9.79. The van der Waals surface area contributed by atoms with E-state index >= 15 is 0 Å². The summed E-state index contributed by atoms with van der Waals surface area (Å²) in [7, 11) is 0. The molecule has 28 heavy (non-hydrogen) atoms. The molecule has 1 saturated carbocycles. The van der Waals surface area contributed by atoms with Crippen molar-refractivity contribution < 1.29 is 4.39 Å². The third-order valence-electron chi connectivity index (χ3n) is 6.84. The second kappa shape index (κ2) is 10.6. The zero-order chi connectivity index (χ0) is 19.9. The second-order valence-corrected chi connectivity index (χ2v) is 9.36. The van der Waals surface area contributed by atoms with Crippen LogP contribution in [0.1, 0.15) is 88.7 Å². The molecule has 0 N–H and O–H groups in total. The van der Waals surface area contributed by atoms with Crippen molar-refractivity contribution in [2.75, 3.05) is 0 Å². The van der Waals surface area contributed by atoms with Crippen LogP contribution in [0.5, 0.6) is 0 Å². The van der Waals surface area contributed by atoms with Crippen LogP contribution in [0.4, 0.5) is 4.39 Å². The molecule has 2 aliphatic carbocycles. The van der Waals surface area contributed by atoms with Crippen molar-refractivity contribution in [1.82, 2.24) is 0 Å². The molecule has 0 heterocycles. The summed E-state index contributed by atoms with van der Waals surface area (Å²) < 4.78 is 14.1. The molecular formula is C26H36ClF. The Labute approximate surface area is 176 Å². The number of allylic oxidation sites excluding steroid dienone is 4. The van der Waals surface area contributed by atoms with Gasteiger partial charge in [0.1, 0.15) is 5.82 Å². The first-order valence-electron chi connectivity index (χ1n) is 11.4. The SMILES string of the molecule is CCCCCC1CCC(/C=C/C2CC=C(c3ccc(C)c(F)c3Cl)CC2)CC1. The van der Waals surface area contributed by atoms with Gasteiger partial charge in [-0.2, -0.15) is 0 Å². The highest BCUT2D eigenvalue weighted by Crippen LogP contribution is 2.37. The molecule has 2 heteroatoms. The third kappa shape index (κ3) is 5.72. The van der Waals surface area contributed by atoms with Gasteiger partial charge in [-0.1, -0.05) is 74.6 Å². The summed E-state index contributed by atoms with van der Waals surface area (Å²) in [6, 6.07) is 3.81. The molecule has 154 valence electrons. The zero-order valence-corrected chi connectivity index (χ0v) is 18.4. The molecule has 1 atom stereocenters. The Morgan fingerprint density at radius 2 is 1.79 bits per heavy atom. The highest BCUT2D eigenvalue weighted by atomic mass is 35.5. The Morgan fingerprint density at radius 3 is 2.46 bits per heavy atom. The Hall–Kier alpha value is -1.08. The molecule has 0 spiro atoms. The Kier molecular flexibility index (Phi) is 8.21. The van der Waals surface area contributed by atoms with Crippen LogP contribution >= 0.6 is 11.6 Å². The molecule has 0 amide bonds. The zero-order valence-electron chi connectivity index (χ0n) is 17.7. The molecular weight excluding hydrogens is 367 g/mol. The molecule has 0 bridgehead atoms. The van der Waals surface area contributed by atoms with Gasteiger partial charge in [0.2, 0.25) is 0 Å². The van der Waals surface area contributed by atoms with Gasteiger partial charge >= 0.3 is 0 Å². The van der Waals surface area contributed by atoms with Crippen LogP contribution in [-0.2, 0) is 0 Å². The number of benzene rings is 1. The Bertz CT molecular complexity index is 695. The van der Waals surface area contributed by atoms with E-state index in [0.29, 0.717) is 11.5 Å². The van der Waals surface area contributed by atoms with E-state index in [1.807, 2.05) is 12.1 Å². The van der Waals surface area contributed by atoms with Gasteiger partial charge in [0, 0.05) is 0 Å². The molecule has 1 fully saturated rings. The summed E-state index contributed by atoms with van der Waals surface area (Å²) in [5.41, 5.74) is 2.71. The summed E-state index contributed by atoms with van der Waals surface area (Å²) in [6.45, 7) is 4.05. The molecule has 0 nitrogen and oxygen atoms in total. The number of halogens is 2. The molecule has 0 aromatic heterocycles. The monoisotopic (exact) mass is 402 g/mol. The average molecular weight is 403 g/mol. The summed E-state index contributed by atoms with van der Waals surface area (Å²) >= 11 is 6.25. The fourth-order valence-corrected chi connectivity index (χ4v) is 5.17. The van der Waals surface area contributed by atoms with Gasteiger partial charge in [0.25, 0.3) is 0 Å². The van der Waals surface area contributed by atoms with Gasteiger partial charge in [-0.3, -0.25) is 0 Å². The van der Waals surface area contributed by atoms with Gasteiger partial charge in [0.05, 0.1) is 5.02 Å². The lowest BCUT2D eigenvalue weighted by Crippen LogP contribution is -2.13. The van der Waals surface area contributed by atoms with Crippen molar-refractivity contribution in [1.29, 1.82) is 0 Å². The first-order valence-corrected chi connectivity index (χ1v) is 11.8. The van der Waals surface area contributed by atoms with E-state index in [-0.39, 0.29) is 10.8 Å². The molecule has 0 radical (unpaired) electrons. The maximum atomic E-state index is 14.1. The third-order valence-corrected chi connectivity index (χ3v) is 7.21. The van der Waals surface area contributed by atoms with Gasteiger partial charge in [0.15, 0.2) is 0 Å². The molecule has 1 aromatic carbocycles. The van der Waals surface area contributed by atoms with Crippen molar-refractivity contribution in [3.8, 4) is 0 Å². The summed E-state index contributed by atoms with van der Waals surface area (Å²) in [5.74, 6) is 2.12. The number of rotatable bonds is 7. The van der Waals surface area contributed by atoms with E-state index in [1.165, 1.54) is 56.9 Å². The molecule has 3 rings (SSSR count). The highest BCUT2D eigenvalue weighted by molar-refractivity contribution is 6.32. The summed E-state index contributed by atoms with van der Waals surface area (Å²) in [5, 5.41) is 0.288. The van der Waals surface area contributed by atoms with Crippen LogP contribution in [0.25, 0.3) is 5.57 Å². The highest BCUT2D eigenvalue weighted by Gasteiger charge is 2.21. The minimum absolute atomic E-state index is 0.271. The minimum atomic E-state index is -0.271. The van der Waals surface area contributed by atoms with E-state index < -0.39 is 0 Å². The van der Waals surface area contributed by atoms with Crippen molar-refractivity contribution in [2.24, 2.45) is 17.8 Å². The lowest BCUT2D eigenvalue weighted by Gasteiger charge is -2.27. The first kappa shape index (κ1) is 21.6. The summed E-state index contributed by atoms with van der Waals surface area (Å²) in [4.78, 5) is 0. The molecule has 1 aromatic rings. The van der Waals surface area contributed by atoms with Crippen LogP contribution in [0, 0.1) is 30.5 Å². The molecule has 1 unspecified atom stereocenters. The maximum Gasteiger partial charge on any atom is 0.145 e. The average Bonchev–Trinajstić information content (AvgIpc) is 2.72. The smallest absolute Gasteiger partial charge is 0.145 e. The largest absolute Gasteiger partial charge is 0.205 e.